The van der Waals surface area contributed by atoms with Crippen LogP contribution in [-0.4, -0.2) is 63.1 Å². The van der Waals surface area contributed by atoms with Gasteiger partial charge in [0.15, 0.2) is 11.5 Å². The molecule has 1 aliphatic heterocycles. The van der Waals surface area contributed by atoms with Crippen LogP contribution in [0, 0.1) is 0 Å². The fourth-order valence-corrected chi connectivity index (χ4v) is 3.00. The number of ether oxygens (including phenoxy) is 1. The van der Waals surface area contributed by atoms with Crippen LogP contribution >= 0.6 is 0 Å². The summed E-state index contributed by atoms with van der Waals surface area (Å²) < 4.78 is 5.19. The summed E-state index contributed by atoms with van der Waals surface area (Å²) in [4.78, 5) is 25.1. The molecule has 3 aromatic heterocycles. The second-order valence-electron chi connectivity index (χ2n) is 5.73. The minimum atomic E-state index is 0.661. The molecule has 1 aliphatic rings. The van der Waals surface area contributed by atoms with Crippen molar-refractivity contribution in [1.82, 2.24) is 29.8 Å². The first-order chi connectivity index (χ1) is 11.8. The van der Waals surface area contributed by atoms with Crippen molar-refractivity contribution in [1.29, 1.82) is 0 Å². The molecule has 0 bridgehead atoms. The van der Waals surface area contributed by atoms with Crippen LogP contribution in [0.5, 0.6) is 5.88 Å². The molecule has 0 aliphatic carbocycles. The van der Waals surface area contributed by atoms with E-state index in [-0.39, 0.29) is 0 Å². The maximum Gasteiger partial charge on any atom is 0.213 e. The molecule has 3 aromatic rings. The number of H-pyrrole nitrogens is 1. The number of anilines is 1. The summed E-state index contributed by atoms with van der Waals surface area (Å²) >= 11 is 0. The molecule has 0 radical (unpaired) electrons. The third kappa shape index (κ3) is 2.88. The summed E-state index contributed by atoms with van der Waals surface area (Å²) in [6.45, 7) is 4.57. The number of nitrogens with one attached hydrogen (secondary N) is 1. The van der Waals surface area contributed by atoms with Crippen molar-refractivity contribution in [3.8, 4) is 5.88 Å². The minimum absolute atomic E-state index is 0.661. The number of fused-ring (bicyclic) bond motifs is 1. The summed E-state index contributed by atoms with van der Waals surface area (Å²) in [7, 11) is 1.64. The number of aromatic nitrogens is 5. The highest BCUT2D eigenvalue weighted by Gasteiger charge is 2.21. The highest BCUT2D eigenvalue weighted by molar-refractivity contribution is 5.82. The van der Waals surface area contributed by atoms with Crippen LogP contribution < -0.4 is 9.64 Å². The maximum atomic E-state index is 5.19. The van der Waals surface area contributed by atoms with Crippen molar-refractivity contribution >= 4 is 17.0 Å². The third-order valence-corrected chi connectivity index (χ3v) is 4.25. The van der Waals surface area contributed by atoms with Crippen molar-refractivity contribution < 1.29 is 4.74 Å². The number of imidazole rings is 1. The maximum absolute atomic E-state index is 5.19. The summed E-state index contributed by atoms with van der Waals surface area (Å²) in [5.74, 6) is 1.59. The quantitative estimate of drug-likeness (QED) is 0.768. The minimum Gasteiger partial charge on any atom is -0.481 e. The largest absolute Gasteiger partial charge is 0.481 e. The molecule has 4 rings (SSSR count). The molecule has 0 aromatic carbocycles. The number of piperazine rings is 1. The van der Waals surface area contributed by atoms with Crippen LogP contribution in [0.15, 0.2) is 30.9 Å². The Labute approximate surface area is 139 Å². The highest BCUT2D eigenvalue weighted by Crippen LogP contribution is 2.21. The molecule has 0 spiro atoms. The van der Waals surface area contributed by atoms with Gasteiger partial charge in [-0.1, -0.05) is 6.07 Å². The molecule has 1 saturated heterocycles. The number of hydrogen-bond acceptors (Lipinski definition) is 7. The van der Waals surface area contributed by atoms with Crippen molar-refractivity contribution in [2.45, 2.75) is 6.54 Å². The second-order valence-corrected chi connectivity index (χ2v) is 5.73. The lowest BCUT2D eigenvalue weighted by Gasteiger charge is -2.35. The summed E-state index contributed by atoms with van der Waals surface area (Å²) in [5, 5.41) is 0. The Hall–Kier alpha value is -2.74. The lowest BCUT2D eigenvalue weighted by molar-refractivity contribution is 0.245. The summed E-state index contributed by atoms with van der Waals surface area (Å²) in [6, 6.07) is 5.88. The third-order valence-electron chi connectivity index (χ3n) is 4.25. The Morgan fingerprint density at radius 2 is 2.00 bits per heavy atom. The molecule has 124 valence electrons. The van der Waals surface area contributed by atoms with Crippen molar-refractivity contribution in [2.75, 3.05) is 38.2 Å². The second kappa shape index (κ2) is 6.40. The zero-order valence-electron chi connectivity index (χ0n) is 13.5. The Balaban J connectivity index is 1.42. The average molecular weight is 325 g/mol. The van der Waals surface area contributed by atoms with E-state index in [2.05, 4.69) is 34.7 Å². The number of pyridine rings is 1. The van der Waals surface area contributed by atoms with Gasteiger partial charge in [0.1, 0.15) is 11.8 Å². The molecule has 0 amide bonds. The standard InChI is InChI=1S/C16H19N7O/c1-24-13-4-2-3-12(21-13)9-22-5-7-23(8-6-22)16-14-15(18-10-17-14)19-11-20-16/h2-4,10-11H,5-9H2,1H3,(H,17,18,19,20). The van der Waals surface area contributed by atoms with Crippen molar-refractivity contribution in [3.05, 3.63) is 36.5 Å². The van der Waals surface area contributed by atoms with Crippen LogP contribution in [0.2, 0.25) is 0 Å². The SMILES string of the molecule is COc1cccc(CN2CCN(c3ncnc4nc[nH]c34)CC2)n1. The van der Waals surface area contributed by atoms with Crippen molar-refractivity contribution in [3.63, 3.8) is 0 Å². The molecule has 0 saturated carbocycles. The van der Waals surface area contributed by atoms with Gasteiger partial charge in [0.2, 0.25) is 5.88 Å². The highest BCUT2D eigenvalue weighted by atomic mass is 16.5. The number of hydrogen-bond donors (Lipinski definition) is 1. The molecule has 1 fully saturated rings. The fourth-order valence-electron chi connectivity index (χ4n) is 3.00. The van der Waals surface area contributed by atoms with E-state index in [0.717, 1.165) is 49.8 Å². The Kier molecular flexibility index (Phi) is 3.96. The van der Waals surface area contributed by atoms with Gasteiger partial charge in [0.05, 0.1) is 19.1 Å². The predicted molar refractivity (Wildman–Crippen MR) is 90.0 cm³/mol. The molecule has 4 heterocycles. The average Bonchev–Trinajstić information content (AvgIpc) is 3.11. The van der Waals surface area contributed by atoms with Gasteiger partial charge in [-0.15, -0.1) is 0 Å². The molecule has 0 atom stereocenters. The molecule has 8 heteroatoms. The van der Waals surface area contributed by atoms with Gasteiger partial charge in [-0.2, -0.15) is 0 Å². The smallest absolute Gasteiger partial charge is 0.213 e. The first-order valence-corrected chi connectivity index (χ1v) is 7.95. The van der Waals surface area contributed by atoms with Gasteiger partial charge in [0.25, 0.3) is 0 Å². The first kappa shape index (κ1) is 14.8. The van der Waals surface area contributed by atoms with E-state index in [1.807, 2.05) is 18.2 Å². The van der Waals surface area contributed by atoms with E-state index >= 15 is 0 Å². The summed E-state index contributed by atoms with van der Waals surface area (Å²) in [5.41, 5.74) is 2.64. The van der Waals surface area contributed by atoms with E-state index in [9.17, 15) is 0 Å². The van der Waals surface area contributed by atoms with Gasteiger partial charge in [-0.25, -0.2) is 19.9 Å². The van der Waals surface area contributed by atoms with E-state index in [4.69, 9.17) is 4.74 Å². The van der Waals surface area contributed by atoms with E-state index in [1.54, 1.807) is 19.8 Å². The van der Waals surface area contributed by atoms with Crippen molar-refractivity contribution in [2.24, 2.45) is 0 Å². The van der Waals surface area contributed by atoms with Gasteiger partial charge in [-0.3, -0.25) is 4.90 Å². The molecule has 24 heavy (non-hydrogen) atoms. The Morgan fingerprint density at radius 3 is 2.83 bits per heavy atom. The monoisotopic (exact) mass is 325 g/mol. The predicted octanol–water partition coefficient (Wildman–Crippen LogP) is 1.08. The molecular formula is C16H19N7O. The lowest BCUT2D eigenvalue weighted by Crippen LogP contribution is -2.46. The number of aromatic amines is 1. The van der Waals surface area contributed by atoms with Gasteiger partial charge >= 0.3 is 0 Å². The van der Waals surface area contributed by atoms with Crippen LogP contribution in [0.3, 0.4) is 0 Å². The topological polar surface area (TPSA) is 83.1 Å². The van der Waals surface area contributed by atoms with E-state index in [0.29, 0.717) is 11.5 Å². The van der Waals surface area contributed by atoms with Gasteiger partial charge in [0, 0.05) is 38.8 Å². The van der Waals surface area contributed by atoms with Gasteiger partial charge < -0.3 is 14.6 Å². The number of rotatable bonds is 4. The molecular weight excluding hydrogens is 306 g/mol. The Bertz CT molecular complexity index is 826. The molecule has 0 unspecified atom stereocenters. The number of nitrogens with zero attached hydrogens (tertiary/aromatic N) is 6. The lowest BCUT2D eigenvalue weighted by atomic mass is 10.2. The van der Waals surface area contributed by atoms with E-state index in [1.165, 1.54) is 0 Å². The summed E-state index contributed by atoms with van der Waals surface area (Å²) in [6.07, 6.45) is 3.23. The Morgan fingerprint density at radius 1 is 1.12 bits per heavy atom. The fraction of sp³-hybridized carbons (Fsp3) is 0.375. The first-order valence-electron chi connectivity index (χ1n) is 7.95. The van der Waals surface area contributed by atoms with Crippen LogP contribution in [0.25, 0.3) is 11.2 Å². The number of methoxy groups -OCH3 is 1. The van der Waals surface area contributed by atoms with Crippen LogP contribution in [0.4, 0.5) is 5.82 Å². The zero-order chi connectivity index (χ0) is 16.4. The van der Waals surface area contributed by atoms with Crippen LogP contribution in [-0.2, 0) is 6.54 Å². The van der Waals surface area contributed by atoms with Gasteiger partial charge in [-0.05, 0) is 6.07 Å². The zero-order valence-corrected chi connectivity index (χ0v) is 13.5. The van der Waals surface area contributed by atoms with E-state index < -0.39 is 0 Å². The molecule has 8 nitrogen and oxygen atoms in total. The normalized spacial score (nSPS) is 15.8. The molecule has 1 N–H and O–H groups in total. The van der Waals surface area contributed by atoms with Crippen LogP contribution in [0.1, 0.15) is 5.69 Å².